The van der Waals surface area contributed by atoms with E-state index in [1.165, 1.54) is 0 Å². The van der Waals surface area contributed by atoms with E-state index in [0.717, 1.165) is 43.3 Å². The predicted octanol–water partition coefficient (Wildman–Crippen LogP) is 2.52. The fourth-order valence-electron chi connectivity index (χ4n) is 2.10. The Bertz CT molecular complexity index is 387. The van der Waals surface area contributed by atoms with Crippen LogP contribution in [0.2, 0.25) is 5.02 Å². The lowest BCUT2D eigenvalue weighted by Crippen LogP contribution is -2.27. The monoisotopic (exact) mass is 300 g/mol. The minimum absolute atomic E-state index is 0.557. The van der Waals surface area contributed by atoms with Crippen molar-refractivity contribution >= 4 is 11.6 Å². The molecule has 0 spiro atoms. The largest absolute Gasteiger partial charge is 0.316 e. The van der Waals surface area contributed by atoms with Crippen molar-refractivity contribution in [1.29, 1.82) is 0 Å². The van der Waals surface area contributed by atoms with Crippen molar-refractivity contribution in [2.75, 3.05) is 33.7 Å². The number of aromatic nitrogens is 2. The maximum absolute atomic E-state index is 6.27. The third-order valence-corrected chi connectivity index (χ3v) is 3.56. The normalized spacial score (nSPS) is 13.4. The van der Waals surface area contributed by atoms with E-state index in [9.17, 15) is 0 Å². The van der Waals surface area contributed by atoms with Gasteiger partial charge < -0.3 is 10.2 Å². The molecule has 0 saturated heterocycles. The zero-order valence-electron chi connectivity index (χ0n) is 13.5. The molecule has 1 atom stereocenters. The van der Waals surface area contributed by atoms with Gasteiger partial charge in [-0.15, -0.1) is 0 Å². The molecular formula is C15H29ClN4. The Morgan fingerprint density at radius 3 is 2.60 bits per heavy atom. The zero-order chi connectivity index (χ0) is 15.1. The van der Waals surface area contributed by atoms with Gasteiger partial charge in [-0.05, 0) is 45.4 Å². The molecule has 0 amide bonds. The van der Waals surface area contributed by atoms with Crippen molar-refractivity contribution in [2.24, 2.45) is 11.8 Å². The number of nitrogens with one attached hydrogen (secondary N) is 1. The van der Waals surface area contributed by atoms with Crippen LogP contribution in [-0.2, 0) is 13.0 Å². The van der Waals surface area contributed by atoms with E-state index in [2.05, 4.69) is 50.2 Å². The summed E-state index contributed by atoms with van der Waals surface area (Å²) in [5.74, 6) is 1.25. The molecule has 0 bridgehead atoms. The molecule has 0 aliphatic carbocycles. The SMILES string of the molecule is CC(C)CNCC(C)Cc1c(Cl)cnn1CCN(C)C. The van der Waals surface area contributed by atoms with Gasteiger partial charge in [-0.25, -0.2) is 0 Å². The van der Waals surface area contributed by atoms with Crippen LogP contribution in [0.4, 0.5) is 0 Å². The fraction of sp³-hybridized carbons (Fsp3) is 0.800. The number of nitrogens with zero attached hydrogens (tertiary/aromatic N) is 3. The van der Waals surface area contributed by atoms with Crippen LogP contribution in [0, 0.1) is 11.8 Å². The average molecular weight is 301 g/mol. The van der Waals surface area contributed by atoms with Crippen LogP contribution in [0.25, 0.3) is 0 Å². The van der Waals surface area contributed by atoms with E-state index in [1.54, 1.807) is 6.20 Å². The maximum Gasteiger partial charge on any atom is 0.0817 e. The lowest BCUT2D eigenvalue weighted by atomic mass is 10.1. The van der Waals surface area contributed by atoms with Crippen LogP contribution < -0.4 is 5.32 Å². The van der Waals surface area contributed by atoms with Crippen LogP contribution in [0.15, 0.2) is 6.20 Å². The summed E-state index contributed by atoms with van der Waals surface area (Å²) in [6, 6.07) is 0. The number of hydrogen-bond acceptors (Lipinski definition) is 3. The lowest BCUT2D eigenvalue weighted by Gasteiger charge is -2.16. The molecule has 116 valence electrons. The molecule has 1 aromatic rings. The van der Waals surface area contributed by atoms with Crippen molar-refractivity contribution in [3.8, 4) is 0 Å². The summed E-state index contributed by atoms with van der Waals surface area (Å²) in [4.78, 5) is 2.16. The van der Waals surface area contributed by atoms with Gasteiger partial charge >= 0.3 is 0 Å². The molecule has 4 nitrogen and oxygen atoms in total. The van der Waals surface area contributed by atoms with Crippen molar-refractivity contribution in [2.45, 2.75) is 33.7 Å². The van der Waals surface area contributed by atoms with E-state index < -0.39 is 0 Å². The van der Waals surface area contributed by atoms with Gasteiger partial charge in [0.15, 0.2) is 0 Å². The molecule has 1 unspecified atom stereocenters. The van der Waals surface area contributed by atoms with Gasteiger partial charge in [0.05, 0.1) is 23.5 Å². The molecule has 1 rings (SSSR count). The smallest absolute Gasteiger partial charge is 0.0817 e. The summed E-state index contributed by atoms with van der Waals surface area (Å²) in [7, 11) is 4.15. The molecule has 20 heavy (non-hydrogen) atoms. The predicted molar refractivity (Wildman–Crippen MR) is 86.4 cm³/mol. The topological polar surface area (TPSA) is 33.1 Å². The third-order valence-electron chi connectivity index (χ3n) is 3.24. The van der Waals surface area contributed by atoms with Crippen molar-refractivity contribution in [1.82, 2.24) is 20.0 Å². The quantitative estimate of drug-likeness (QED) is 0.761. The summed E-state index contributed by atoms with van der Waals surface area (Å²) in [5, 5.41) is 8.68. The number of hydrogen-bond donors (Lipinski definition) is 1. The second-order valence-electron chi connectivity index (χ2n) is 6.33. The second kappa shape index (κ2) is 8.65. The van der Waals surface area contributed by atoms with Gasteiger partial charge in [0, 0.05) is 6.54 Å². The lowest BCUT2D eigenvalue weighted by molar-refractivity contribution is 0.365. The molecule has 1 aromatic heterocycles. The molecule has 1 heterocycles. The highest BCUT2D eigenvalue weighted by molar-refractivity contribution is 6.31. The fourth-order valence-corrected chi connectivity index (χ4v) is 2.32. The van der Waals surface area contributed by atoms with Gasteiger partial charge in [0.2, 0.25) is 0 Å². The molecule has 0 fully saturated rings. The van der Waals surface area contributed by atoms with Crippen LogP contribution in [0.1, 0.15) is 26.5 Å². The van der Waals surface area contributed by atoms with Crippen LogP contribution >= 0.6 is 11.6 Å². The summed E-state index contributed by atoms with van der Waals surface area (Å²) >= 11 is 6.27. The average Bonchev–Trinajstić information content (AvgIpc) is 2.68. The Balaban J connectivity index is 2.50. The first-order valence-electron chi connectivity index (χ1n) is 7.45. The first-order chi connectivity index (χ1) is 9.40. The maximum atomic E-state index is 6.27. The van der Waals surface area contributed by atoms with E-state index in [0.29, 0.717) is 11.8 Å². The van der Waals surface area contributed by atoms with Gasteiger partial charge in [0.25, 0.3) is 0 Å². The Morgan fingerprint density at radius 2 is 2.00 bits per heavy atom. The minimum atomic E-state index is 0.557. The summed E-state index contributed by atoms with van der Waals surface area (Å²) in [5.41, 5.74) is 1.16. The molecule has 0 aromatic carbocycles. The second-order valence-corrected chi connectivity index (χ2v) is 6.73. The minimum Gasteiger partial charge on any atom is -0.316 e. The summed E-state index contributed by atoms with van der Waals surface area (Å²) in [6.07, 6.45) is 2.73. The van der Waals surface area contributed by atoms with E-state index in [-0.39, 0.29) is 0 Å². The van der Waals surface area contributed by atoms with Gasteiger partial charge in [-0.2, -0.15) is 5.10 Å². The Hall–Kier alpha value is -0.580. The highest BCUT2D eigenvalue weighted by Crippen LogP contribution is 2.18. The molecule has 0 saturated carbocycles. The van der Waals surface area contributed by atoms with E-state index >= 15 is 0 Å². The highest BCUT2D eigenvalue weighted by atomic mass is 35.5. The van der Waals surface area contributed by atoms with Crippen molar-refractivity contribution in [3.05, 3.63) is 16.9 Å². The van der Waals surface area contributed by atoms with Gasteiger partial charge in [0.1, 0.15) is 0 Å². The number of halogens is 1. The van der Waals surface area contributed by atoms with Crippen LogP contribution in [0.5, 0.6) is 0 Å². The van der Waals surface area contributed by atoms with Gasteiger partial charge in [-0.3, -0.25) is 4.68 Å². The molecular weight excluding hydrogens is 272 g/mol. The molecule has 1 N–H and O–H groups in total. The molecule has 0 aliphatic rings. The van der Waals surface area contributed by atoms with Crippen LogP contribution in [-0.4, -0.2) is 48.4 Å². The molecule has 5 heteroatoms. The molecule has 0 aliphatic heterocycles. The van der Waals surface area contributed by atoms with Crippen molar-refractivity contribution in [3.63, 3.8) is 0 Å². The Kier molecular flexibility index (Phi) is 7.56. The van der Waals surface area contributed by atoms with E-state index in [4.69, 9.17) is 11.6 Å². The highest BCUT2D eigenvalue weighted by Gasteiger charge is 2.13. The summed E-state index contributed by atoms with van der Waals surface area (Å²) in [6.45, 7) is 10.7. The number of rotatable bonds is 9. The number of likely N-dealkylation sites (N-methyl/N-ethyl adjacent to an activating group) is 1. The third kappa shape index (κ3) is 6.25. The Labute approximate surface area is 128 Å². The summed E-state index contributed by atoms with van der Waals surface area (Å²) < 4.78 is 2.04. The standard InChI is InChI=1S/C15H29ClN4/c1-12(2)9-17-10-13(3)8-15-14(16)11-18-20(15)7-6-19(4)5/h11-13,17H,6-10H2,1-5H3. The van der Waals surface area contributed by atoms with E-state index in [1.807, 2.05) is 4.68 Å². The molecule has 0 radical (unpaired) electrons. The zero-order valence-corrected chi connectivity index (χ0v) is 14.2. The van der Waals surface area contributed by atoms with Crippen molar-refractivity contribution < 1.29 is 0 Å². The Morgan fingerprint density at radius 1 is 1.30 bits per heavy atom. The van der Waals surface area contributed by atoms with Crippen LogP contribution in [0.3, 0.4) is 0 Å². The first-order valence-corrected chi connectivity index (χ1v) is 7.83. The first kappa shape index (κ1) is 17.5. The van der Waals surface area contributed by atoms with Gasteiger partial charge in [-0.1, -0.05) is 32.4 Å².